The molecule has 0 saturated heterocycles. The van der Waals surface area contributed by atoms with Gasteiger partial charge in [0.15, 0.2) is 0 Å². The summed E-state index contributed by atoms with van der Waals surface area (Å²) in [7, 11) is -3.27. The molecule has 1 atom stereocenters. The van der Waals surface area contributed by atoms with Crippen LogP contribution in [0.5, 0.6) is 5.75 Å². The van der Waals surface area contributed by atoms with Crippen LogP contribution in [0.25, 0.3) is 0 Å². The van der Waals surface area contributed by atoms with Gasteiger partial charge in [0.2, 0.25) is 10.0 Å². The molecule has 100 valence electrons. The maximum atomic E-state index is 11.9. The van der Waals surface area contributed by atoms with Crippen LogP contribution in [0.4, 0.5) is 0 Å². The average Bonchev–Trinajstić information content (AvgIpc) is 2.72. The van der Waals surface area contributed by atoms with E-state index in [1.807, 2.05) is 24.3 Å². The number of fused-ring (bicyclic) bond motifs is 1. The second-order valence-electron chi connectivity index (χ2n) is 4.33. The molecule has 0 aliphatic carbocycles. The fraction of sp³-hybridized carbons (Fsp3) is 0.500. The summed E-state index contributed by atoms with van der Waals surface area (Å²) >= 11 is 0. The van der Waals surface area contributed by atoms with Crippen LogP contribution in [0, 0.1) is 0 Å². The van der Waals surface area contributed by atoms with Gasteiger partial charge in [0.1, 0.15) is 12.4 Å². The molecule has 18 heavy (non-hydrogen) atoms. The Labute approximate surface area is 107 Å². The Morgan fingerprint density at radius 3 is 2.89 bits per heavy atom. The van der Waals surface area contributed by atoms with Gasteiger partial charge in [0, 0.05) is 5.56 Å². The van der Waals surface area contributed by atoms with Crippen LogP contribution in [0.2, 0.25) is 0 Å². The van der Waals surface area contributed by atoms with Crippen molar-refractivity contribution in [2.45, 2.75) is 18.9 Å². The number of sulfonamides is 1. The molecular weight excluding hydrogens is 252 g/mol. The van der Waals surface area contributed by atoms with Crippen molar-refractivity contribution >= 4 is 10.0 Å². The average molecular weight is 270 g/mol. The number of rotatable bonds is 6. The highest BCUT2D eigenvalue weighted by molar-refractivity contribution is 7.89. The van der Waals surface area contributed by atoms with Gasteiger partial charge in [0.05, 0.1) is 11.8 Å². The second-order valence-corrected chi connectivity index (χ2v) is 6.21. The largest absolute Gasteiger partial charge is 0.491 e. The van der Waals surface area contributed by atoms with E-state index in [1.165, 1.54) is 0 Å². The first-order chi connectivity index (χ1) is 8.62. The van der Waals surface area contributed by atoms with Crippen molar-refractivity contribution < 1.29 is 13.2 Å². The highest BCUT2D eigenvalue weighted by atomic mass is 32.2. The zero-order valence-electron chi connectivity index (χ0n) is 10.1. The van der Waals surface area contributed by atoms with E-state index in [4.69, 9.17) is 10.5 Å². The van der Waals surface area contributed by atoms with Crippen molar-refractivity contribution in [2.75, 3.05) is 18.9 Å². The lowest BCUT2D eigenvalue weighted by Gasteiger charge is -2.12. The SMILES string of the molecule is NCCCCS(=O)(=O)NC1COc2ccccc21. The number of hydrogen-bond acceptors (Lipinski definition) is 4. The summed E-state index contributed by atoms with van der Waals surface area (Å²) in [5, 5.41) is 0. The summed E-state index contributed by atoms with van der Waals surface area (Å²) < 4.78 is 31.8. The maximum absolute atomic E-state index is 11.9. The quantitative estimate of drug-likeness (QED) is 0.748. The molecule has 0 spiro atoms. The number of para-hydroxylation sites is 1. The minimum atomic E-state index is -3.27. The summed E-state index contributed by atoms with van der Waals surface area (Å²) in [6.45, 7) is 0.875. The smallest absolute Gasteiger partial charge is 0.212 e. The summed E-state index contributed by atoms with van der Waals surface area (Å²) in [5.74, 6) is 0.871. The van der Waals surface area contributed by atoms with Gasteiger partial charge >= 0.3 is 0 Å². The van der Waals surface area contributed by atoms with Crippen LogP contribution in [0.15, 0.2) is 24.3 Å². The standard InChI is InChI=1S/C12H18N2O3S/c13-7-3-4-8-18(15,16)14-11-9-17-12-6-2-1-5-10(11)12/h1-2,5-6,11,14H,3-4,7-9,13H2. The minimum Gasteiger partial charge on any atom is -0.491 e. The van der Waals surface area contributed by atoms with E-state index in [9.17, 15) is 8.42 Å². The van der Waals surface area contributed by atoms with Crippen LogP contribution in [-0.4, -0.2) is 27.3 Å². The normalized spacial score (nSPS) is 18.4. The fourth-order valence-electron chi connectivity index (χ4n) is 1.97. The van der Waals surface area contributed by atoms with Gasteiger partial charge in [0.25, 0.3) is 0 Å². The van der Waals surface area contributed by atoms with E-state index in [2.05, 4.69) is 4.72 Å². The molecule has 1 unspecified atom stereocenters. The molecule has 3 N–H and O–H groups in total. The summed E-state index contributed by atoms with van der Waals surface area (Å²) in [6, 6.07) is 7.21. The zero-order chi connectivity index (χ0) is 13.0. The minimum absolute atomic E-state index is 0.114. The zero-order valence-corrected chi connectivity index (χ0v) is 10.9. The van der Waals surface area contributed by atoms with E-state index in [0.717, 1.165) is 17.7 Å². The first-order valence-corrected chi connectivity index (χ1v) is 7.69. The third kappa shape index (κ3) is 3.22. The second kappa shape index (κ2) is 5.69. The molecule has 0 aromatic heterocycles. The number of nitrogens with two attached hydrogens (primary N) is 1. The Hall–Kier alpha value is -1.11. The Bertz CT molecular complexity index is 502. The van der Waals surface area contributed by atoms with E-state index in [0.29, 0.717) is 19.6 Å². The fourth-order valence-corrected chi connectivity index (χ4v) is 3.30. The predicted molar refractivity (Wildman–Crippen MR) is 69.9 cm³/mol. The molecule has 0 saturated carbocycles. The van der Waals surface area contributed by atoms with E-state index >= 15 is 0 Å². The van der Waals surface area contributed by atoms with Gasteiger partial charge < -0.3 is 10.5 Å². The highest BCUT2D eigenvalue weighted by Gasteiger charge is 2.27. The lowest BCUT2D eigenvalue weighted by Crippen LogP contribution is -2.31. The summed E-state index contributed by atoms with van der Waals surface area (Å²) in [4.78, 5) is 0. The number of benzene rings is 1. The van der Waals surface area contributed by atoms with Crippen LogP contribution < -0.4 is 15.2 Å². The molecule has 1 heterocycles. The predicted octanol–water partition coefficient (Wildman–Crippen LogP) is 0.778. The molecule has 5 nitrogen and oxygen atoms in total. The topological polar surface area (TPSA) is 81.4 Å². The summed E-state index contributed by atoms with van der Waals surface area (Å²) in [6.07, 6.45) is 1.31. The number of unbranched alkanes of at least 4 members (excludes halogenated alkanes) is 1. The molecule has 1 aromatic carbocycles. The summed E-state index contributed by atoms with van der Waals surface area (Å²) in [5.41, 5.74) is 6.25. The lowest BCUT2D eigenvalue weighted by molar-refractivity contribution is 0.325. The molecule has 1 aliphatic heterocycles. The van der Waals surface area contributed by atoms with E-state index < -0.39 is 10.0 Å². The molecule has 0 fully saturated rings. The number of hydrogen-bond donors (Lipinski definition) is 2. The van der Waals surface area contributed by atoms with Gasteiger partial charge in [-0.25, -0.2) is 13.1 Å². The number of nitrogens with one attached hydrogen (secondary N) is 1. The Kier molecular flexibility index (Phi) is 4.21. The van der Waals surface area contributed by atoms with Gasteiger partial charge in [-0.15, -0.1) is 0 Å². The molecule has 2 rings (SSSR count). The molecule has 1 aromatic rings. The van der Waals surface area contributed by atoms with Crippen molar-refractivity contribution in [1.82, 2.24) is 4.72 Å². The van der Waals surface area contributed by atoms with Crippen molar-refractivity contribution in [2.24, 2.45) is 5.73 Å². The highest BCUT2D eigenvalue weighted by Crippen LogP contribution is 2.32. The molecule has 6 heteroatoms. The molecular formula is C12H18N2O3S. The first kappa shape index (κ1) is 13.3. The maximum Gasteiger partial charge on any atom is 0.212 e. The van der Waals surface area contributed by atoms with Crippen LogP contribution >= 0.6 is 0 Å². The van der Waals surface area contributed by atoms with Gasteiger partial charge in [-0.05, 0) is 25.5 Å². The Balaban J connectivity index is 1.99. The first-order valence-electron chi connectivity index (χ1n) is 6.04. The van der Waals surface area contributed by atoms with Crippen molar-refractivity contribution in [3.05, 3.63) is 29.8 Å². The van der Waals surface area contributed by atoms with E-state index in [-0.39, 0.29) is 11.8 Å². The Morgan fingerprint density at radius 1 is 1.33 bits per heavy atom. The van der Waals surface area contributed by atoms with Crippen LogP contribution in [0.1, 0.15) is 24.4 Å². The lowest BCUT2D eigenvalue weighted by atomic mass is 10.1. The number of ether oxygens (including phenoxy) is 1. The van der Waals surface area contributed by atoms with Gasteiger partial charge in [-0.2, -0.15) is 0 Å². The molecule has 0 radical (unpaired) electrons. The molecule has 0 amide bonds. The van der Waals surface area contributed by atoms with Crippen molar-refractivity contribution in [3.63, 3.8) is 0 Å². The van der Waals surface area contributed by atoms with Crippen LogP contribution in [0.3, 0.4) is 0 Å². The van der Waals surface area contributed by atoms with Crippen molar-refractivity contribution in [1.29, 1.82) is 0 Å². The third-order valence-electron chi connectivity index (χ3n) is 2.89. The van der Waals surface area contributed by atoms with Crippen LogP contribution in [-0.2, 0) is 10.0 Å². The Morgan fingerprint density at radius 2 is 2.11 bits per heavy atom. The van der Waals surface area contributed by atoms with Gasteiger partial charge in [-0.3, -0.25) is 0 Å². The molecule has 0 bridgehead atoms. The third-order valence-corrected chi connectivity index (χ3v) is 4.36. The van der Waals surface area contributed by atoms with E-state index in [1.54, 1.807) is 0 Å². The molecule has 1 aliphatic rings. The van der Waals surface area contributed by atoms with Crippen molar-refractivity contribution in [3.8, 4) is 5.75 Å². The monoisotopic (exact) mass is 270 g/mol. The van der Waals surface area contributed by atoms with Gasteiger partial charge in [-0.1, -0.05) is 18.2 Å².